The molecular weight excluding hydrogens is 228 g/mol. The van der Waals surface area contributed by atoms with Crippen molar-refractivity contribution in [2.24, 2.45) is 5.84 Å². The first-order valence-corrected chi connectivity index (χ1v) is 5.99. The first-order chi connectivity index (χ1) is 8.81. The van der Waals surface area contributed by atoms with Crippen molar-refractivity contribution >= 4 is 5.82 Å². The molecule has 0 fully saturated rings. The highest BCUT2D eigenvalue weighted by Crippen LogP contribution is 2.10. The van der Waals surface area contributed by atoms with E-state index in [1.165, 1.54) is 0 Å². The number of hydrogen-bond acceptors (Lipinski definition) is 5. The Bertz CT molecular complexity index is 470. The number of nitrogens with zero attached hydrogens (tertiary/aromatic N) is 2. The molecule has 0 aliphatic carbocycles. The second-order valence-electron chi connectivity index (χ2n) is 4.04. The summed E-state index contributed by atoms with van der Waals surface area (Å²) >= 11 is 0. The van der Waals surface area contributed by atoms with Crippen LogP contribution in [0.25, 0.3) is 0 Å². The first kappa shape index (κ1) is 12.6. The molecule has 18 heavy (non-hydrogen) atoms. The molecule has 5 heteroatoms. The predicted molar refractivity (Wildman–Crippen MR) is 70.5 cm³/mol. The molecule has 2 aromatic heterocycles. The SMILES string of the molecule is CCN(Cc1cccc(NN)n1)Cc1ccco1. The van der Waals surface area contributed by atoms with Crippen molar-refractivity contribution in [2.45, 2.75) is 20.0 Å². The molecule has 0 aliphatic rings. The van der Waals surface area contributed by atoms with Crippen molar-refractivity contribution in [1.29, 1.82) is 0 Å². The van der Waals surface area contributed by atoms with E-state index in [1.807, 2.05) is 30.3 Å². The van der Waals surface area contributed by atoms with Gasteiger partial charge in [-0.25, -0.2) is 10.8 Å². The summed E-state index contributed by atoms with van der Waals surface area (Å²) in [5.41, 5.74) is 3.54. The Morgan fingerprint density at radius 3 is 2.83 bits per heavy atom. The average Bonchev–Trinajstić information content (AvgIpc) is 2.91. The summed E-state index contributed by atoms with van der Waals surface area (Å²) in [6, 6.07) is 9.66. The summed E-state index contributed by atoms with van der Waals surface area (Å²) in [7, 11) is 0. The second-order valence-corrected chi connectivity index (χ2v) is 4.04. The highest BCUT2D eigenvalue weighted by Gasteiger charge is 2.07. The van der Waals surface area contributed by atoms with Gasteiger partial charge in [0.1, 0.15) is 11.6 Å². The minimum Gasteiger partial charge on any atom is -0.468 e. The quantitative estimate of drug-likeness (QED) is 0.602. The molecular formula is C13H18N4O. The van der Waals surface area contributed by atoms with Crippen molar-refractivity contribution in [3.05, 3.63) is 48.0 Å². The molecule has 3 N–H and O–H groups in total. The fourth-order valence-electron chi connectivity index (χ4n) is 1.78. The lowest BCUT2D eigenvalue weighted by Crippen LogP contribution is -2.23. The Hall–Kier alpha value is -1.85. The highest BCUT2D eigenvalue weighted by molar-refractivity contribution is 5.33. The van der Waals surface area contributed by atoms with E-state index in [0.717, 1.165) is 31.1 Å². The zero-order valence-corrected chi connectivity index (χ0v) is 10.5. The van der Waals surface area contributed by atoms with Crippen molar-refractivity contribution in [1.82, 2.24) is 9.88 Å². The largest absolute Gasteiger partial charge is 0.468 e. The van der Waals surface area contributed by atoms with Crippen molar-refractivity contribution in [3.63, 3.8) is 0 Å². The molecule has 0 unspecified atom stereocenters. The van der Waals surface area contributed by atoms with E-state index in [1.54, 1.807) is 6.26 Å². The third-order valence-corrected chi connectivity index (χ3v) is 2.75. The first-order valence-electron chi connectivity index (χ1n) is 5.99. The highest BCUT2D eigenvalue weighted by atomic mass is 16.3. The number of hydrogen-bond donors (Lipinski definition) is 2. The number of hydrazine groups is 1. The van der Waals surface area contributed by atoms with Crippen LogP contribution in [0, 0.1) is 0 Å². The van der Waals surface area contributed by atoms with Gasteiger partial charge >= 0.3 is 0 Å². The molecule has 0 radical (unpaired) electrons. The molecule has 0 bridgehead atoms. The van der Waals surface area contributed by atoms with Crippen molar-refractivity contribution in [3.8, 4) is 0 Å². The predicted octanol–water partition coefficient (Wildman–Crippen LogP) is 1.98. The van der Waals surface area contributed by atoms with Crippen LogP contribution in [0.3, 0.4) is 0 Å². The van der Waals surface area contributed by atoms with Crippen LogP contribution in [0.2, 0.25) is 0 Å². The number of nitrogens with one attached hydrogen (secondary N) is 1. The van der Waals surface area contributed by atoms with Crippen LogP contribution in [-0.2, 0) is 13.1 Å². The number of anilines is 1. The standard InChI is InChI=1S/C13H18N4O/c1-2-17(10-12-6-4-8-18-12)9-11-5-3-7-13(15-11)16-14/h3-8H,2,9-10,14H2,1H3,(H,15,16). The maximum absolute atomic E-state index is 5.35. The van der Waals surface area contributed by atoms with Crippen LogP contribution in [0.1, 0.15) is 18.4 Å². The molecule has 5 nitrogen and oxygen atoms in total. The molecule has 2 aromatic rings. The van der Waals surface area contributed by atoms with Gasteiger partial charge in [-0.2, -0.15) is 0 Å². The Labute approximate surface area is 107 Å². The van der Waals surface area contributed by atoms with Gasteiger partial charge in [-0.3, -0.25) is 4.90 Å². The smallest absolute Gasteiger partial charge is 0.140 e. The summed E-state index contributed by atoms with van der Waals surface area (Å²) < 4.78 is 5.35. The second kappa shape index (κ2) is 6.18. The van der Waals surface area contributed by atoms with Gasteiger partial charge in [0.05, 0.1) is 18.5 Å². The van der Waals surface area contributed by atoms with Crippen LogP contribution in [-0.4, -0.2) is 16.4 Å². The van der Waals surface area contributed by atoms with E-state index in [9.17, 15) is 0 Å². The topological polar surface area (TPSA) is 67.3 Å². The Morgan fingerprint density at radius 1 is 1.28 bits per heavy atom. The molecule has 0 amide bonds. The number of nitrogens with two attached hydrogens (primary N) is 1. The summed E-state index contributed by atoms with van der Waals surface area (Å²) in [5.74, 6) is 7.00. The van der Waals surface area contributed by atoms with Gasteiger partial charge in [-0.1, -0.05) is 13.0 Å². The van der Waals surface area contributed by atoms with Gasteiger partial charge in [0, 0.05) is 6.54 Å². The zero-order chi connectivity index (χ0) is 12.8. The van der Waals surface area contributed by atoms with Crippen LogP contribution in [0.15, 0.2) is 41.0 Å². The molecule has 0 atom stereocenters. The Kier molecular flexibility index (Phi) is 4.33. The molecule has 2 heterocycles. The van der Waals surface area contributed by atoms with Crippen LogP contribution in [0.5, 0.6) is 0 Å². The lowest BCUT2D eigenvalue weighted by atomic mass is 10.3. The van der Waals surface area contributed by atoms with E-state index in [-0.39, 0.29) is 0 Å². The van der Waals surface area contributed by atoms with Gasteiger partial charge in [0.25, 0.3) is 0 Å². The molecule has 96 valence electrons. The number of aromatic nitrogens is 1. The minimum atomic E-state index is 0.682. The summed E-state index contributed by atoms with van der Waals surface area (Å²) in [6.07, 6.45) is 1.69. The van der Waals surface area contributed by atoms with E-state index < -0.39 is 0 Å². The number of furan rings is 1. The van der Waals surface area contributed by atoms with Gasteiger partial charge in [-0.15, -0.1) is 0 Å². The van der Waals surface area contributed by atoms with Crippen LogP contribution in [0.4, 0.5) is 5.82 Å². The lowest BCUT2D eigenvalue weighted by Gasteiger charge is -2.18. The molecule has 0 saturated heterocycles. The van der Waals surface area contributed by atoms with E-state index in [2.05, 4.69) is 22.2 Å². The number of rotatable bonds is 6. The average molecular weight is 246 g/mol. The molecule has 0 aliphatic heterocycles. The third kappa shape index (κ3) is 3.32. The number of nitrogen functional groups attached to an aromatic ring is 1. The third-order valence-electron chi connectivity index (χ3n) is 2.75. The van der Waals surface area contributed by atoms with E-state index >= 15 is 0 Å². The normalized spacial score (nSPS) is 10.8. The van der Waals surface area contributed by atoms with Crippen LogP contribution >= 0.6 is 0 Å². The van der Waals surface area contributed by atoms with Gasteiger partial charge in [0.15, 0.2) is 0 Å². The van der Waals surface area contributed by atoms with Gasteiger partial charge in [0.2, 0.25) is 0 Å². The summed E-state index contributed by atoms with van der Waals surface area (Å²) in [6.45, 7) is 4.61. The number of pyridine rings is 1. The maximum Gasteiger partial charge on any atom is 0.140 e. The Balaban J connectivity index is 2.00. The lowest BCUT2D eigenvalue weighted by molar-refractivity contribution is 0.245. The van der Waals surface area contributed by atoms with Crippen LogP contribution < -0.4 is 11.3 Å². The van der Waals surface area contributed by atoms with Crippen molar-refractivity contribution < 1.29 is 4.42 Å². The Morgan fingerprint density at radius 2 is 2.17 bits per heavy atom. The van der Waals surface area contributed by atoms with Gasteiger partial charge < -0.3 is 9.84 Å². The monoisotopic (exact) mass is 246 g/mol. The van der Waals surface area contributed by atoms with E-state index in [4.69, 9.17) is 10.3 Å². The summed E-state index contributed by atoms with van der Waals surface area (Å²) in [5, 5.41) is 0. The molecule has 0 aromatic carbocycles. The summed E-state index contributed by atoms with van der Waals surface area (Å²) in [4.78, 5) is 6.65. The van der Waals surface area contributed by atoms with Gasteiger partial charge in [-0.05, 0) is 30.8 Å². The maximum atomic E-state index is 5.35. The molecule has 0 spiro atoms. The van der Waals surface area contributed by atoms with E-state index in [0.29, 0.717) is 5.82 Å². The zero-order valence-electron chi connectivity index (χ0n) is 10.5. The fraction of sp³-hybridized carbons (Fsp3) is 0.308. The van der Waals surface area contributed by atoms with Crippen molar-refractivity contribution in [2.75, 3.05) is 12.0 Å². The fourth-order valence-corrected chi connectivity index (χ4v) is 1.78. The molecule has 0 saturated carbocycles. The molecule has 2 rings (SSSR count). The minimum absolute atomic E-state index is 0.682.